The number of fused-ring (bicyclic) bond motifs is 7. The van der Waals surface area contributed by atoms with Gasteiger partial charge in [-0.15, -0.1) is 0 Å². The Labute approximate surface area is 222 Å². The summed E-state index contributed by atoms with van der Waals surface area (Å²) >= 11 is 0. The third kappa shape index (κ3) is 3.89. The van der Waals surface area contributed by atoms with Gasteiger partial charge in [0.25, 0.3) is 0 Å². The van der Waals surface area contributed by atoms with E-state index in [0.717, 1.165) is 57.8 Å². The topological polar surface area (TPSA) is 108 Å². The number of aliphatic carboxylic acids is 1. The lowest BCUT2D eigenvalue weighted by molar-refractivity contribution is -0.190. The molecule has 0 heterocycles. The first-order valence-corrected chi connectivity index (χ1v) is 14.7. The molecule has 4 saturated carbocycles. The Morgan fingerprint density at radius 1 is 1.14 bits per heavy atom. The smallest absolute Gasteiger partial charge is 0.310 e. The van der Waals surface area contributed by atoms with Crippen LogP contribution in [0.3, 0.4) is 0 Å². The first-order chi connectivity index (χ1) is 17.7. The number of methoxy groups -OCH3 is 1. The largest absolute Gasteiger partial charge is 0.481 e. The molecule has 2 N–H and O–H groups in total. The van der Waals surface area contributed by atoms with E-state index in [9.17, 15) is 25.1 Å². The first kappa shape index (κ1) is 28.1. The van der Waals surface area contributed by atoms with Crippen molar-refractivity contribution in [3.63, 3.8) is 0 Å². The summed E-state index contributed by atoms with van der Waals surface area (Å²) in [6, 6.07) is 2.42. The lowest BCUT2D eigenvalue weighted by atomic mass is 9.37. The van der Waals surface area contributed by atoms with Crippen LogP contribution in [0.4, 0.5) is 0 Å². The quantitative estimate of drug-likeness (QED) is 0.354. The minimum Gasteiger partial charge on any atom is -0.481 e. The number of carbonyl (C=O) groups is 2. The van der Waals surface area contributed by atoms with Gasteiger partial charge in [0.15, 0.2) is 0 Å². The van der Waals surface area contributed by atoms with Gasteiger partial charge in [0, 0.05) is 12.0 Å². The molecular formula is C31H47NO5. The predicted molar refractivity (Wildman–Crippen MR) is 141 cm³/mol. The molecule has 10 unspecified atom stereocenters. The van der Waals surface area contributed by atoms with E-state index in [1.54, 1.807) is 0 Å². The second-order valence-electron chi connectivity index (χ2n) is 12.7. The average Bonchev–Trinajstić information content (AvgIpc) is 2.92. The van der Waals surface area contributed by atoms with Gasteiger partial charge in [-0.05, 0) is 86.4 Å². The molecule has 37 heavy (non-hydrogen) atoms. The summed E-state index contributed by atoms with van der Waals surface area (Å²) in [5.74, 6) is -0.965. The number of rotatable bonds is 3. The van der Waals surface area contributed by atoms with Gasteiger partial charge in [-0.2, -0.15) is 5.26 Å². The maximum Gasteiger partial charge on any atom is 0.310 e. The van der Waals surface area contributed by atoms with E-state index in [2.05, 4.69) is 26.0 Å². The molecule has 0 aliphatic heterocycles. The lowest BCUT2D eigenvalue weighted by Crippen LogP contribution is -2.63. The van der Waals surface area contributed by atoms with Crippen LogP contribution in [0.15, 0.2) is 11.6 Å². The van der Waals surface area contributed by atoms with Crippen LogP contribution in [-0.4, -0.2) is 35.9 Å². The Kier molecular flexibility index (Phi) is 7.88. The van der Waals surface area contributed by atoms with Gasteiger partial charge in [0.1, 0.15) is 0 Å². The second-order valence-corrected chi connectivity index (χ2v) is 12.7. The highest BCUT2D eigenvalue weighted by molar-refractivity contribution is 5.76. The molecule has 10 atom stereocenters. The summed E-state index contributed by atoms with van der Waals surface area (Å²) in [5, 5.41) is 31.4. The van der Waals surface area contributed by atoms with Crippen LogP contribution < -0.4 is 0 Å². The number of hydrogen-bond acceptors (Lipinski definition) is 5. The Balaban J connectivity index is 0.00000156. The molecule has 0 spiro atoms. The van der Waals surface area contributed by atoms with Gasteiger partial charge in [-0.1, -0.05) is 52.2 Å². The van der Waals surface area contributed by atoms with Crippen LogP contribution in [0, 0.1) is 69.0 Å². The number of carboxylic acid groups (broad SMARTS) is 1. The Hall–Kier alpha value is -1.87. The van der Waals surface area contributed by atoms with Gasteiger partial charge in [-0.3, -0.25) is 9.59 Å². The van der Waals surface area contributed by atoms with Crippen molar-refractivity contribution in [2.45, 2.75) is 91.9 Å². The molecule has 5 aliphatic rings. The van der Waals surface area contributed by atoms with Crippen LogP contribution in [-0.2, 0) is 14.3 Å². The fraction of sp³-hybridized carbons (Fsp3) is 0.839. The van der Waals surface area contributed by atoms with Crippen molar-refractivity contribution in [3.8, 4) is 6.07 Å². The van der Waals surface area contributed by atoms with Crippen molar-refractivity contribution in [2.75, 3.05) is 13.7 Å². The van der Waals surface area contributed by atoms with Crippen molar-refractivity contribution < 1.29 is 24.5 Å². The first-order valence-electron chi connectivity index (χ1n) is 14.7. The minimum absolute atomic E-state index is 0.0210. The highest BCUT2D eigenvalue weighted by Gasteiger charge is 2.66. The molecule has 0 saturated heterocycles. The van der Waals surface area contributed by atoms with Crippen molar-refractivity contribution in [2.24, 2.45) is 57.7 Å². The Morgan fingerprint density at radius 3 is 2.49 bits per heavy atom. The van der Waals surface area contributed by atoms with E-state index < -0.39 is 28.6 Å². The zero-order valence-corrected chi connectivity index (χ0v) is 23.5. The molecule has 0 amide bonds. The number of ether oxygens (including phenoxy) is 1. The maximum absolute atomic E-state index is 12.7. The number of allylic oxidation sites excluding steroid dienone is 2. The van der Waals surface area contributed by atoms with Crippen molar-refractivity contribution >= 4 is 11.9 Å². The number of carboxylic acids is 1. The third-order valence-electron chi connectivity index (χ3n) is 11.9. The zero-order valence-electron chi connectivity index (χ0n) is 23.5. The molecule has 6 heteroatoms. The summed E-state index contributed by atoms with van der Waals surface area (Å²) < 4.78 is 5.10. The van der Waals surface area contributed by atoms with Crippen molar-refractivity contribution in [1.82, 2.24) is 0 Å². The summed E-state index contributed by atoms with van der Waals surface area (Å²) in [6.45, 7) is 8.50. The van der Waals surface area contributed by atoms with Crippen LogP contribution in [0.2, 0.25) is 0 Å². The summed E-state index contributed by atoms with van der Waals surface area (Å²) in [6.07, 6.45) is 11.2. The van der Waals surface area contributed by atoms with Gasteiger partial charge in [0.05, 0.1) is 30.4 Å². The molecule has 5 aliphatic carbocycles. The van der Waals surface area contributed by atoms with Crippen LogP contribution in [0.1, 0.15) is 91.9 Å². The summed E-state index contributed by atoms with van der Waals surface area (Å²) in [7, 11) is 1.40. The van der Waals surface area contributed by atoms with Crippen molar-refractivity contribution in [1.29, 1.82) is 5.26 Å². The van der Waals surface area contributed by atoms with Gasteiger partial charge in [0.2, 0.25) is 0 Å². The van der Waals surface area contributed by atoms with E-state index in [1.165, 1.54) is 12.7 Å². The fourth-order valence-electron chi connectivity index (χ4n) is 10.4. The highest BCUT2D eigenvalue weighted by Crippen LogP contribution is 2.71. The van der Waals surface area contributed by atoms with E-state index in [0.29, 0.717) is 12.3 Å². The van der Waals surface area contributed by atoms with E-state index in [4.69, 9.17) is 4.74 Å². The number of nitrogens with zero attached hydrogens (tertiary/aromatic N) is 1. The van der Waals surface area contributed by atoms with E-state index in [-0.39, 0.29) is 41.7 Å². The zero-order chi connectivity index (χ0) is 27.2. The Morgan fingerprint density at radius 2 is 1.86 bits per heavy atom. The fourth-order valence-corrected chi connectivity index (χ4v) is 10.4. The average molecular weight is 514 g/mol. The Bertz CT molecular complexity index is 969. The van der Waals surface area contributed by atoms with Gasteiger partial charge in [-0.25, -0.2) is 0 Å². The lowest BCUT2D eigenvalue weighted by Gasteiger charge is -2.67. The van der Waals surface area contributed by atoms with Crippen LogP contribution in [0.25, 0.3) is 0 Å². The second kappa shape index (κ2) is 10.4. The molecule has 6 nitrogen and oxygen atoms in total. The molecule has 0 radical (unpaired) electrons. The normalized spacial score (nSPS) is 46.2. The molecule has 0 bridgehead atoms. The summed E-state index contributed by atoms with van der Waals surface area (Å²) in [4.78, 5) is 25.2. The third-order valence-corrected chi connectivity index (χ3v) is 11.9. The molecule has 4 fully saturated rings. The van der Waals surface area contributed by atoms with E-state index >= 15 is 0 Å². The standard InChI is InChI=1S/C29H41NO5.C2H6/c1-17-20-9-12-27(2)21-10-13-28(26(33)34)11-5-4-6-22(28)19(21)7-8-23(27)29(20,16-31)14-18(15-30)24(17)25(32)35-3;1-2/h7,17-18,20-24,31H,4-6,8-14,16H2,1-3H3,(H,33,34);1-2H3. The van der Waals surface area contributed by atoms with Crippen molar-refractivity contribution in [3.05, 3.63) is 11.6 Å². The van der Waals surface area contributed by atoms with Gasteiger partial charge >= 0.3 is 11.9 Å². The monoisotopic (exact) mass is 513 g/mol. The number of esters is 1. The number of aliphatic hydroxyl groups excluding tert-OH is 1. The van der Waals surface area contributed by atoms with Crippen LogP contribution >= 0.6 is 0 Å². The number of carbonyl (C=O) groups excluding carboxylic acids is 1. The number of nitriles is 1. The maximum atomic E-state index is 12.7. The molecule has 0 aromatic rings. The molecule has 0 aromatic heterocycles. The summed E-state index contributed by atoms with van der Waals surface area (Å²) in [5.41, 5.74) is 0.363. The van der Waals surface area contributed by atoms with Gasteiger partial charge < -0.3 is 14.9 Å². The van der Waals surface area contributed by atoms with Crippen LogP contribution in [0.5, 0.6) is 0 Å². The highest BCUT2D eigenvalue weighted by atomic mass is 16.5. The number of hydrogen-bond donors (Lipinski definition) is 2. The molecule has 206 valence electrons. The number of aliphatic hydroxyl groups is 1. The molecule has 0 aromatic carbocycles. The molecule has 5 rings (SSSR count). The SMILES string of the molecule is CC.COC(=O)C1C(C#N)CC2(CO)C(CCC3(C)C4CCC5(C(=O)O)CCCCC5C4=CCC32)C1C. The minimum atomic E-state index is -0.615. The predicted octanol–water partition coefficient (Wildman–Crippen LogP) is 5.99. The molecular weight excluding hydrogens is 466 g/mol. The van der Waals surface area contributed by atoms with E-state index in [1.807, 2.05) is 13.8 Å².